The zero-order chi connectivity index (χ0) is 19.3. The molecule has 1 heterocycles. The summed E-state index contributed by atoms with van der Waals surface area (Å²) in [5.74, 6) is 0.690. The van der Waals surface area contributed by atoms with Crippen molar-refractivity contribution in [1.82, 2.24) is 14.9 Å². The first-order valence-corrected chi connectivity index (χ1v) is 10.2. The number of nitrogens with zero attached hydrogens (tertiary/aromatic N) is 2. The van der Waals surface area contributed by atoms with Gasteiger partial charge in [-0.15, -0.1) is 0 Å². The molecule has 1 aromatic carbocycles. The van der Waals surface area contributed by atoms with Crippen molar-refractivity contribution in [2.75, 3.05) is 5.75 Å². The lowest BCUT2D eigenvalue weighted by Crippen LogP contribution is -2.43. The number of hydrogen-bond acceptors (Lipinski definition) is 4. The fourth-order valence-electron chi connectivity index (χ4n) is 2.47. The predicted molar refractivity (Wildman–Crippen MR) is 109 cm³/mol. The van der Waals surface area contributed by atoms with E-state index in [1.54, 1.807) is 4.57 Å². The first-order chi connectivity index (χ1) is 12.2. The quantitative estimate of drug-likeness (QED) is 0.562. The Kier molecular flexibility index (Phi) is 6.87. The molecule has 1 aromatic heterocycles. The number of para-hydroxylation sites is 1. The van der Waals surface area contributed by atoms with Crippen molar-refractivity contribution in [3.63, 3.8) is 0 Å². The third kappa shape index (κ3) is 5.34. The minimum Gasteiger partial charge on any atom is -0.351 e. The summed E-state index contributed by atoms with van der Waals surface area (Å²) < 4.78 is 1.71. The number of nitrogens with one attached hydrogen (secondary N) is 1. The van der Waals surface area contributed by atoms with Crippen molar-refractivity contribution >= 4 is 28.6 Å². The number of fused-ring (bicyclic) bond motifs is 1. The van der Waals surface area contributed by atoms with Crippen LogP contribution in [-0.2, 0) is 11.3 Å². The maximum Gasteiger partial charge on any atom is 0.262 e. The van der Waals surface area contributed by atoms with Crippen molar-refractivity contribution in [3.05, 3.63) is 34.6 Å². The molecule has 5 nitrogen and oxygen atoms in total. The number of amides is 1. The second-order valence-electron chi connectivity index (χ2n) is 7.63. The number of benzene rings is 1. The van der Waals surface area contributed by atoms with Crippen LogP contribution < -0.4 is 10.9 Å². The van der Waals surface area contributed by atoms with E-state index in [1.165, 1.54) is 11.8 Å². The van der Waals surface area contributed by atoms with Crippen LogP contribution in [0.25, 0.3) is 10.9 Å². The molecule has 26 heavy (non-hydrogen) atoms. The SMILES string of the molecule is CCC(C)(C)NC(=O)CSc1nc2ccccc2c(=O)n1CCC(C)C. The summed E-state index contributed by atoms with van der Waals surface area (Å²) in [5.41, 5.74) is 0.411. The molecule has 2 rings (SSSR count). The minimum absolute atomic E-state index is 0.0342. The molecule has 0 aliphatic rings. The average Bonchev–Trinajstić information content (AvgIpc) is 2.59. The normalized spacial score (nSPS) is 11.9. The number of carbonyl (C=O) groups is 1. The van der Waals surface area contributed by atoms with Gasteiger partial charge in [-0.05, 0) is 44.7 Å². The Balaban J connectivity index is 2.28. The Labute approximate surface area is 159 Å². The lowest BCUT2D eigenvalue weighted by Gasteiger charge is -2.24. The second kappa shape index (κ2) is 8.71. The molecule has 0 spiro atoms. The summed E-state index contributed by atoms with van der Waals surface area (Å²) in [6, 6.07) is 7.37. The van der Waals surface area contributed by atoms with E-state index in [0.717, 1.165) is 12.8 Å². The molecule has 0 saturated carbocycles. The monoisotopic (exact) mass is 375 g/mol. The molecule has 142 valence electrons. The molecule has 2 aromatic rings. The highest BCUT2D eigenvalue weighted by molar-refractivity contribution is 7.99. The van der Waals surface area contributed by atoms with Crippen molar-refractivity contribution in [3.8, 4) is 0 Å². The number of thioether (sulfide) groups is 1. The first kappa shape index (κ1) is 20.5. The van der Waals surface area contributed by atoms with E-state index in [-0.39, 0.29) is 22.8 Å². The fraction of sp³-hybridized carbons (Fsp3) is 0.550. The Hall–Kier alpha value is -1.82. The first-order valence-electron chi connectivity index (χ1n) is 9.17. The molecular weight excluding hydrogens is 346 g/mol. The number of carbonyl (C=O) groups excluding carboxylic acids is 1. The van der Waals surface area contributed by atoms with Crippen LogP contribution in [0.5, 0.6) is 0 Å². The van der Waals surface area contributed by atoms with E-state index in [9.17, 15) is 9.59 Å². The van der Waals surface area contributed by atoms with Gasteiger partial charge >= 0.3 is 0 Å². The zero-order valence-corrected chi connectivity index (χ0v) is 17.2. The molecule has 0 aliphatic carbocycles. The highest BCUT2D eigenvalue weighted by Gasteiger charge is 2.19. The molecule has 6 heteroatoms. The van der Waals surface area contributed by atoms with E-state index < -0.39 is 0 Å². The second-order valence-corrected chi connectivity index (χ2v) is 8.57. The van der Waals surface area contributed by atoms with Gasteiger partial charge in [-0.25, -0.2) is 4.98 Å². The minimum atomic E-state index is -0.230. The molecule has 0 unspecified atom stereocenters. The van der Waals surface area contributed by atoms with Crippen LogP contribution in [0.4, 0.5) is 0 Å². The van der Waals surface area contributed by atoms with Crippen LogP contribution in [0.3, 0.4) is 0 Å². The highest BCUT2D eigenvalue weighted by atomic mass is 32.2. The van der Waals surface area contributed by atoms with Crippen LogP contribution in [0.15, 0.2) is 34.2 Å². The topological polar surface area (TPSA) is 64.0 Å². The van der Waals surface area contributed by atoms with Gasteiger partial charge in [-0.2, -0.15) is 0 Å². The van der Waals surface area contributed by atoms with Gasteiger partial charge in [0.25, 0.3) is 5.56 Å². The van der Waals surface area contributed by atoms with Gasteiger partial charge in [0, 0.05) is 12.1 Å². The molecule has 1 N–H and O–H groups in total. The Morgan fingerprint density at radius 3 is 2.65 bits per heavy atom. The summed E-state index contributed by atoms with van der Waals surface area (Å²) in [6.07, 6.45) is 1.75. The van der Waals surface area contributed by atoms with Gasteiger partial charge in [0.15, 0.2) is 5.16 Å². The largest absolute Gasteiger partial charge is 0.351 e. The van der Waals surface area contributed by atoms with E-state index in [1.807, 2.05) is 45.0 Å². The summed E-state index contributed by atoms with van der Waals surface area (Å²) in [7, 11) is 0. The molecule has 1 amide bonds. The summed E-state index contributed by atoms with van der Waals surface area (Å²) in [5, 5.41) is 4.26. The fourth-order valence-corrected chi connectivity index (χ4v) is 3.30. The van der Waals surface area contributed by atoms with Crippen LogP contribution in [0.1, 0.15) is 47.5 Å². The molecule has 0 radical (unpaired) electrons. The van der Waals surface area contributed by atoms with Gasteiger partial charge < -0.3 is 5.32 Å². The maximum atomic E-state index is 12.9. The van der Waals surface area contributed by atoms with Gasteiger partial charge in [0.05, 0.1) is 16.7 Å². The number of aromatic nitrogens is 2. The van der Waals surface area contributed by atoms with Gasteiger partial charge in [-0.1, -0.05) is 44.7 Å². The Morgan fingerprint density at radius 1 is 1.31 bits per heavy atom. The van der Waals surface area contributed by atoms with E-state index in [0.29, 0.717) is 28.5 Å². The van der Waals surface area contributed by atoms with E-state index >= 15 is 0 Å². The number of rotatable bonds is 8. The summed E-state index contributed by atoms with van der Waals surface area (Å²) in [4.78, 5) is 29.8. The van der Waals surface area contributed by atoms with Crippen LogP contribution in [0.2, 0.25) is 0 Å². The number of hydrogen-bond donors (Lipinski definition) is 1. The molecule has 0 bridgehead atoms. The van der Waals surface area contributed by atoms with Crippen molar-refractivity contribution < 1.29 is 4.79 Å². The van der Waals surface area contributed by atoms with Crippen molar-refractivity contribution in [2.24, 2.45) is 5.92 Å². The lowest BCUT2D eigenvalue weighted by molar-refractivity contribution is -0.120. The highest BCUT2D eigenvalue weighted by Crippen LogP contribution is 2.19. The van der Waals surface area contributed by atoms with Crippen LogP contribution in [-0.4, -0.2) is 26.8 Å². The Morgan fingerprint density at radius 2 is 2.00 bits per heavy atom. The summed E-state index contributed by atoms with van der Waals surface area (Å²) >= 11 is 1.33. The summed E-state index contributed by atoms with van der Waals surface area (Å²) in [6.45, 7) is 10.9. The standard InChI is InChI=1S/C20H29N3O2S/c1-6-20(4,5)22-17(24)13-26-19-21-16-10-8-7-9-15(16)18(25)23(19)12-11-14(2)3/h7-10,14H,6,11-13H2,1-5H3,(H,22,24). The van der Waals surface area contributed by atoms with E-state index in [4.69, 9.17) is 0 Å². The third-order valence-electron chi connectivity index (χ3n) is 4.45. The van der Waals surface area contributed by atoms with Gasteiger partial charge in [-0.3, -0.25) is 14.2 Å². The van der Waals surface area contributed by atoms with Crippen molar-refractivity contribution in [1.29, 1.82) is 0 Å². The zero-order valence-electron chi connectivity index (χ0n) is 16.3. The molecule has 0 atom stereocenters. The molecule has 0 aliphatic heterocycles. The molecular formula is C20H29N3O2S. The average molecular weight is 376 g/mol. The maximum absolute atomic E-state index is 12.9. The molecule has 0 fully saturated rings. The molecule has 0 saturated heterocycles. The van der Waals surface area contributed by atoms with E-state index in [2.05, 4.69) is 24.1 Å². The van der Waals surface area contributed by atoms with Gasteiger partial charge in [0.1, 0.15) is 0 Å². The van der Waals surface area contributed by atoms with Crippen LogP contribution >= 0.6 is 11.8 Å². The van der Waals surface area contributed by atoms with Gasteiger partial charge in [0.2, 0.25) is 5.91 Å². The predicted octanol–water partition coefficient (Wildman–Crippen LogP) is 3.84. The lowest BCUT2D eigenvalue weighted by atomic mass is 10.0. The Bertz CT molecular complexity index is 827. The van der Waals surface area contributed by atoms with Crippen molar-refractivity contribution in [2.45, 2.75) is 64.7 Å². The smallest absolute Gasteiger partial charge is 0.262 e. The van der Waals surface area contributed by atoms with Crippen LogP contribution in [0, 0.1) is 5.92 Å². The third-order valence-corrected chi connectivity index (χ3v) is 5.43.